The van der Waals surface area contributed by atoms with Crippen molar-refractivity contribution < 1.29 is 17.9 Å². The van der Waals surface area contributed by atoms with Crippen molar-refractivity contribution in [2.24, 2.45) is 0 Å². The summed E-state index contributed by atoms with van der Waals surface area (Å²) in [6.45, 7) is 6.04. The Hall–Kier alpha value is -2.54. The molecule has 7 heteroatoms. The Bertz CT molecular complexity index is 862. The van der Waals surface area contributed by atoms with Crippen LogP contribution in [0, 0.1) is 0 Å². The Labute approximate surface area is 161 Å². The van der Waals surface area contributed by atoms with Crippen molar-refractivity contribution >= 4 is 21.6 Å². The molecule has 1 amide bonds. The zero-order valence-corrected chi connectivity index (χ0v) is 16.9. The average molecular weight is 391 g/mol. The highest BCUT2D eigenvalue weighted by Crippen LogP contribution is 2.20. The number of amides is 1. The Morgan fingerprint density at radius 1 is 1.07 bits per heavy atom. The smallest absolute Gasteiger partial charge is 0.251 e. The summed E-state index contributed by atoms with van der Waals surface area (Å²) >= 11 is 0. The molecule has 6 nitrogen and oxygen atoms in total. The zero-order chi connectivity index (χ0) is 20.0. The molecule has 0 aliphatic carbocycles. The van der Waals surface area contributed by atoms with Crippen LogP contribution in [0.2, 0.25) is 0 Å². The number of ether oxygens (including phenoxy) is 1. The molecule has 1 N–H and O–H groups in total. The summed E-state index contributed by atoms with van der Waals surface area (Å²) in [6, 6.07) is 13.9. The molecule has 0 aromatic heterocycles. The van der Waals surface area contributed by atoms with Crippen LogP contribution in [-0.4, -0.2) is 33.7 Å². The van der Waals surface area contributed by atoms with Gasteiger partial charge in [-0.25, -0.2) is 8.42 Å². The number of rotatable bonds is 8. The number of carbonyl (C=O) groups excluding carboxylic acids is 1. The van der Waals surface area contributed by atoms with Gasteiger partial charge in [0.05, 0.1) is 24.1 Å². The summed E-state index contributed by atoms with van der Waals surface area (Å²) in [4.78, 5) is 12.5. The van der Waals surface area contributed by atoms with Gasteiger partial charge in [-0.15, -0.1) is 0 Å². The zero-order valence-electron chi connectivity index (χ0n) is 16.1. The normalized spacial score (nSPS) is 12.3. The number of nitrogens with one attached hydrogen (secondary N) is 1. The maximum absolute atomic E-state index is 12.5. The largest absolute Gasteiger partial charge is 0.494 e. The predicted octanol–water partition coefficient (Wildman–Crippen LogP) is 3.36. The Balaban J connectivity index is 2.05. The van der Waals surface area contributed by atoms with E-state index in [1.807, 2.05) is 38.1 Å². The van der Waals surface area contributed by atoms with Gasteiger partial charge < -0.3 is 10.1 Å². The van der Waals surface area contributed by atoms with Gasteiger partial charge >= 0.3 is 0 Å². The number of carbonyl (C=O) groups is 1. The van der Waals surface area contributed by atoms with Crippen LogP contribution in [0.4, 0.5) is 5.69 Å². The highest BCUT2D eigenvalue weighted by molar-refractivity contribution is 7.92. The van der Waals surface area contributed by atoms with Crippen LogP contribution < -0.4 is 14.4 Å². The van der Waals surface area contributed by atoms with E-state index in [9.17, 15) is 13.2 Å². The van der Waals surface area contributed by atoms with Crippen molar-refractivity contribution in [1.82, 2.24) is 5.32 Å². The van der Waals surface area contributed by atoms with E-state index in [1.165, 1.54) is 11.4 Å². The third kappa shape index (κ3) is 5.23. The molecular formula is C20H26N2O4S. The van der Waals surface area contributed by atoms with Crippen molar-refractivity contribution in [3.63, 3.8) is 0 Å². The van der Waals surface area contributed by atoms with Crippen LogP contribution in [-0.2, 0) is 10.0 Å². The molecule has 2 aromatic rings. The van der Waals surface area contributed by atoms with Gasteiger partial charge in [0.2, 0.25) is 10.0 Å². The molecule has 0 aliphatic rings. The topological polar surface area (TPSA) is 75.7 Å². The molecule has 1 atom stereocenters. The molecule has 2 aromatic carbocycles. The fraction of sp³-hybridized carbons (Fsp3) is 0.350. The first-order valence-electron chi connectivity index (χ1n) is 8.88. The molecule has 0 radical (unpaired) electrons. The van der Waals surface area contributed by atoms with Crippen LogP contribution in [0.15, 0.2) is 48.5 Å². The minimum absolute atomic E-state index is 0.0192. The summed E-state index contributed by atoms with van der Waals surface area (Å²) in [7, 11) is -1.82. The molecule has 0 unspecified atom stereocenters. The summed E-state index contributed by atoms with van der Waals surface area (Å²) in [5, 5.41) is 2.94. The minimum Gasteiger partial charge on any atom is -0.494 e. The van der Waals surface area contributed by atoms with Crippen molar-refractivity contribution in [3.8, 4) is 5.75 Å². The Kier molecular flexibility index (Phi) is 6.85. The number of hydrogen-bond acceptors (Lipinski definition) is 4. The van der Waals surface area contributed by atoms with E-state index in [0.29, 0.717) is 17.9 Å². The molecule has 0 aliphatic heterocycles. The first-order chi connectivity index (χ1) is 12.8. The van der Waals surface area contributed by atoms with Gasteiger partial charge in [0.1, 0.15) is 5.75 Å². The standard InChI is InChI=1S/C20H26N2O4S/c1-5-26-19-13-9-16(10-14-19)15(3)21-20(23)17-7-11-18(12-8-17)22(4)27(24,25)6-2/h7-15H,5-6H2,1-4H3,(H,21,23)/t15-/m0/s1. The lowest BCUT2D eigenvalue weighted by atomic mass is 10.1. The third-order valence-electron chi connectivity index (χ3n) is 4.31. The summed E-state index contributed by atoms with van der Waals surface area (Å²) in [6.07, 6.45) is 0. The highest BCUT2D eigenvalue weighted by atomic mass is 32.2. The van der Waals surface area contributed by atoms with Gasteiger partial charge in [-0.2, -0.15) is 0 Å². The Morgan fingerprint density at radius 2 is 1.67 bits per heavy atom. The molecule has 0 heterocycles. The van der Waals surface area contributed by atoms with E-state index < -0.39 is 10.0 Å². The van der Waals surface area contributed by atoms with Gasteiger partial charge in [0, 0.05) is 12.6 Å². The van der Waals surface area contributed by atoms with Gasteiger partial charge in [0.25, 0.3) is 5.91 Å². The lowest BCUT2D eigenvalue weighted by molar-refractivity contribution is 0.0940. The maximum atomic E-state index is 12.5. The quantitative estimate of drug-likeness (QED) is 0.750. The molecule has 0 bridgehead atoms. The number of sulfonamides is 1. The molecular weight excluding hydrogens is 364 g/mol. The molecule has 27 heavy (non-hydrogen) atoms. The summed E-state index contributed by atoms with van der Waals surface area (Å²) in [5.74, 6) is 0.594. The monoisotopic (exact) mass is 390 g/mol. The van der Waals surface area contributed by atoms with Crippen molar-refractivity contribution in [2.45, 2.75) is 26.8 Å². The van der Waals surface area contributed by atoms with E-state index >= 15 is 0 Å². The third-order valence-corrected chi connectivity index (χ3v) is 6.09. The molecule has 146 valence electrons. The summed E-state index contributed by atoms with van der Waals surface area (Å²) < 4.78 is 30.5. The van der Waals surface area contributed by atoms with E-state index in [1.54, 1.807) is 31.2 Å². The van der Waals surface area contributed by atoms with Gasteiger partial charge in [-0.3, -0.25) is 9.10 Å². The number of anilines is 1. The maximum Gasteiger partial charge on any atom is 0.251 e. The second-order valence-corrected chi connectivity index (χ2v) is 8.40. The molecule has 0 fully saturated rings. The van der Waals surface area contributed by atoms with Crippen LogP contribution in [0.25, 0.3) is 0 Å². The van der Waals surface area contributed by atoms with Crippen LogP contribution in [0.1, 0.15) is 42.7 Å². The predicted molar refractivity (Wildman–Crippen MR) is 108 cm³/mol. The average Bonchev–Trinajstić information content (AvgIpc) is 2.68. The Morgan fingerprint density at radius 3 is 2.19 bits per heavy atom. The minimum atomic E-state index is -3.32. The van der Waals surface area contributed by atoms with Gasteiger partial charge in [0.15, 0.2) is 0 Å². The van der Waals surface area contributed by atoms with Crippen LogP contribution in [0.5, 0.6) is 5.75 Å². The fourth-order valence-corrected chi connectivity index (χ4v) is 3.39. The lowest BCUT2D eigenvalue weighted by Gasteiger charge is -2.19. The van der Waals surface area contributed by atoms with Crippen molar-refractivity contribution in [1.29, 1.82) is 0 Å². The van der Waals surface area contributed by atoms with E-state index in [0.717, 1.165) is 11.3 Å². The molecule has 0 saturated heterocycles. The number of benzene rings is 2. The first-order valence-corrected chi connectivity index (χ1v) is 10.5. The van der Waals surface area contributed by atoms with Crippen molar-refractivity contribution in [2.75, 3.05) is 23.7 Å². The van der Waals surface area contributed by atoms with Crippen LogP contribution in [0.3, 0.4) is 0 Å². The summed E-state index contributed by atoms with van der Waals surface area (Å²) in [5.41, 5.74) is 1.96. The number of nitrogens with zero attached hydrogens (tertiary/aromatic N) is 1. The van der Waals surface area contributed by atoms with E-state index in [-0.39, 0.29) is 17.7 Å². The highest BCUT2D eigenvalue weighted by Gasteiger charge is 2.17. The van der Waals surface area contributed by atoms with Gasteiger partial charge in [-0.1, -0.05) is 12.1 Å². The second-order valence-electron chi connectivity index (χ2n) is 6.11. The SMILES string of the molecule is CCOc1ccc([C@H](C)NC(=O)c2ccc(N(C)S(=O)(=O)CC)cc2)cc1. The number of hydrogen-bond donors (Lipinski definition) is 1. The molecule has 0 spiro atoms. The van der Waals surface area contributed by atoms with Gasteiger partial charge in [-0.05, 0) is 62.7 Å². The lowest BCUT2D eigenvalue weighted by Crippen LogP contribution is -2.28. The van der Waals surface area contributed by atoms with E-state index in [4.69, 9.17) is 4.74 Å². The van der Waals surface area contributed by atoms with E-state index in [2.05, 4.69) is 5.32 Å². The molecule has 2 rings (SSSR count). The fourth-order valence-electron chi connectivity index (χ4n) is 2.56. The molecule has 0 saturated carbocycles. The second kappa shape index (κ2) is 8.90. The first kappa shape index (κ1) is 20.8. The van der Waals surface area contributed by atoms with Crippen LogP contribution >= 0.6 is 0 Å². The van der Waals surface area contributed by atoms with Crippen molar-refractivity contribution in [3.05, 3.63) is 59.7 Å².